The molecule has 0 amide bonds. The van der Waals surface area contributed by atoms with E-state index in [4.69, 9.17) is 0 Å². The number of rotatable bonds is 1. The van der Waals surface area contributed by atoms with Gasteiger partial charge in [-0.2, -0.15) is 26.3 Å². The van der Waals surface area contributed by atoms with Gasteiger partial charge in [0.1, 0.15) is 5.69 Å². The molecule has 0 saturated carbocycles. The maximum atomic E-state index is 12.7. The zero-order valence-electron chi connectivity index (χ0n) is 9.10. The average molecular weight is 280 g/mol. The molecule has 0 aliphatic heterocycles. The molecule has 2 nitrogen and oxygen atoms in total. The summed E-state index contributed by atoms with van der Waals surface area (Å²) >= 11 is 0. The predicted octanol–water partition coefficient (Wildman–Crippen LogP) is 4.11. The van der Waals surface area contributed by atoms with Crippen LogP contribution < -0.4 is 0 Å². The van der Waals surface area contributed by atoms with Gasteiger partial charge in [0.25, 0.3) is 0 Å². The maximum absolute atomic E-state index is 12.7. The van der Waals surface area contributed by atoms with Crippen molar-refractivity contribution < 1.29 is 26.3 Å². The van der Waals surface area contributed by atoms with Gasteiger partial charge in [-0.25, -0.2) is 0 Å². The van der Waals surface area contributed by atoms with Gasteiger partial charge in [-0.15, -0.1) is 0 Å². The van der Waals surface area contributed by atoms with Crippen LogP contribution in [0, 0.1) is 0 Å². The number of hydrogen-bond donors (Lipinski definition) is 1. The van der Waals surface area contributed by atoms with E-state index in [-0.39, 0.29) is 11.8 Å². The lowest BCUT2D eigenvalue weighted by molar-refractivity contribution is -0.142. The molecule has 2 aromatic rings. The van der Waals surface area contributed by atoms with E-state index in [1.165, 1.54) is 24.4 Å². The molecule has 0 saturated heterocycles. The van der Waals surface area contributed by atoms with E-state index in [1.54, 1.807) is 4.98 Å². The summed E-state index contributed by atoms with van der Waals surface area (Å²) < 4.78 is 75.6. The average Bonchev–Trinajstić information content (AvgIpc) is 2.74. The van der Waals surface area contributed by atoms with Gasteiger partial charge >= 0.3 is 12.4 Å². The molecule has 0 aliphatic carbocycles. The Kier molecular flexibility index (Phi) is 3.03. The Balaban J connectivity index is 2.63. The SMILES string of the molecule is FC(F)(F)c1cc(C(F)(F)F)c(-c2ccccn2)[nH]1. The summed E-state index contributed by atoms with van der Waals surface area (Å²) in [5.41, 5.74) is -3.75. The van der Waals surface area contributed by atoms with E-state index in [1.807, 2.05) is 0 Å². The molecule has 2 aromatic heterocycles. The fraction of sp³-hybridized carbons (Fsp3) is 0.182. The molecule has 0 atom stereocenters. The molecule has 2 rings (SSSR count). The zero-order valence-corrected chi connectivity index (χ0v) is 9.10. The van der Waals surface area contributed by atoms with Crippen molar-refractivity contribution in [1.29, 1.82) is 0 Å². The first-order chi connectivity index (χ1) is 8.69. The molecular formula is C11H6F6N2. The number of alkyl halides is 6. The predicted molar refractivity (Wildman–Crippen MR) is 54.0 cm³/mol. The lowest BCUT2D eigenvalue weighted by atomic mass is 10.1. The van der Waals surface area contributed by atoms with Crippen LogP contribution in [0.1, 0.15) is 11.3 Å². The van der Waals surface area contributed by atoms with Crippen LogP contribution in [0.5, 0.6) is 0 Å². The van der Waals surface area contributed by atoms with Crippen molar-refractivity contribution in [3.8, 4) is 11.4 Å². The van der Waals surface area contributed by atoms with Crippen LogP contribution in [0.25, 0.3) is 11.4 Å². The summed E-state index contributed by atoms with van der Waals surface area (Å²) in [7, 11) is 0. The number of nitrogens with one attached hydrogen (secondary N) is 1. The minimum Gasteiger partial charge on any atom is -0.349 e. The monoisotopic (exact) mass is 280 g/mol. The van der Waals surface area contributed by atoms with Crippen molar-refractivity contribution in [2.24, 2.45) is 0 Å². The fourth-order valence-electron chi connectivity index (χ4n) is 1.54. The highest BCUT2D eigenvalue weighted by Crippen LogP contribution is 2.40. The third-order valence-electron chi connectivity index (χ3n) is 2.35. The molecule has 0 radical (unpaired) electrons. The zero-order chi connectivity index (χ0) is 14.3. The number of halogens is 6. The summed E-state index contributed by atoms with van der Waals surface area (Å²) in [4.78, 5) is 5.36. The second kappa shape index (κ2) is 4.29. The number of nitrogens with zero attached hydrogens (tertiary/aromatic N) is 1. The standard InChI is InChI=1S/C11H6F6N2/c12-10(13,14)6-5-8(11(15,16)17)19-9(6)7-3-1-2-4-18-7/h1-5,19H. The maximum Gasteiger partial charge on any atom is 0.431 e. The molecule has 0 unspecified atom stereocenters. The van der Waals surface area contributed by atoms with E-state index < -0.39 is 29.3 Å². The van der Waals surface area contributed by atoms with E-state index in [9.17, 15) is 26.3 Å². The smallest absolute Gasteiger partial charge is 0.349 e. The van der Waals surface area contributed by atoms with Crippen molar-refractivity contribution in [3.05, 3.63) is 41.7 Å². The van der Waals surface area contributed by atoms with Gasteiger partial charge in [0.15, 0.2) is 0 Å². The Morgan fingerprint density at radius 3 is 2.11 bits per heavy atom. The second-order valence-electron chi connectivity index (χ2n) is 3.68. The van der Waals surface area contributed by atoms with E-state index >= 15 is 0 Å². The van der Waals surface area contributed by atoms with Crippen molar-refractivity contribution >= 4 is 0 Å². The second-order valence-corrected chi connectivity index (χ2v) is 3.68. The highest BCUT2D eigenvalue weighted by molar-refractivity contribution is 5.61. The Morgan fingerprint density at radius 1 is 0.947 bits per heavy atom. The van der Waals surface area contributed by atoms with E-state index in [2.05, 4.69) is 4.98 Å². The highest BCUT2D eigenvalue weighted by atomic mass is 19.4. The van der Waals surface area contributed by atoms with Crippen LogP contribution in [0.4, 0.5) is 26.3 Å². The van der Waals surface area contributed by atoms with Crippen molar-refractivity contribution in [1.82, 2.24) is 9.97 Å². The Hall–Kier alpha value is -1.99. The van der Waals surface area contributed by atoms with Crippen LogP contribution in [0.3, 0.4) is 0 Å². The van der Waals surface area contributed by atoms with Gasteiger partial charge in [0, 0.05) is 6.20 Å². The summed E-state index contributed by atoms with van der Waals surface area (Å²) in [5, 5.41) is 0. The quantitative estimate of drug-likeness (QED) is 0.782. The Labute approximate surface area is 103 Å². The van der Waals surface area contributed by atoms with Crippen LogP contribution in [0.15, 0.2) is 30.5 Å². The number of pyridine rings is 1. The fourth-order valence-corrected chi connectivity index (χ4v) is 1.54. The molecule has 0 aromatic carbocycles. The molecule has 0 spiro atoms. The third kappa shape index (κ3) is 2.72. The first-order valence-corrected chi connectivity index (χ1v) is 4.98. The van der Waals surface area contributed by atoms with Gasteiger partial charge in [0.05, 0.1) is 17.0 Å². The van der Waals surface area contributed by atoms with E-state index in [0.29, 0.717) is 0 Å². The summed E-state index contributed by atoms with van der Waals surface area (Å²) in [5.74, 6) is 0. The third-order valence-corrected chi connectivity index (χ3v) is 2.35. The first kappa shape index (κ1) is 13.4. The van der Waals surface area contributed by atoms with Crippen molar-refractivity contribution in [2.45, 2.75) is 12.4 Å². The van der Waals surface area contributed by atoms with Crippen molar-refractivity contribution in [3.63, 3.8) is 0 Å². The first-order valence-electron chi connectivity index (χ1n) is 4.98. The van der Waals surface area contributed by atoms with Crippen LogP contribution in [-0.2, 0) is 12.4 Å². The summed E-state index contributed by atoms with van der Waals surface area (Å²) in [6, 6.07) is 4.08. The topological polar surface area (TPSA) is 28.7 Å². The van der Waals surface area contributed by atoms with Gasteiger partial charge in [-0.3, -0.25) is 4.98 Å². The Morgan fingerprint density at radius 2 is 1.63 bits per heavy atom. The van der Waals surface area contributed by atoms with Crippen LogP contribution in [0.2, 0.25) is 0 Å². The highest BCUT2D eigenvalue weighted by Gasteiger charge is 2.41. The minimum atomic E-state index is -4.90. The number of aromatic amines is 1. The lowest BCUT2D eigenvalue weighted by Crippen LogP contribution is -2.06. The number of aromatic nitrogens is 2. The van der Waals surface area contributed by atoms with Crippen LogP contribution >= 0.6 is 0 Å². The number of H-pyrrole nitrogens is 1. The van der Waals surface area contributed by atoms with Gasteiger partial charge in [0.2, 0.25) is 0 Å². The Bertz CT molecular complexity index is 567. The lowest BCUT2D eigenvalue weighted by Gasteiger charge is -2.06. The molecule has 1 N–H and O–H groups in total. The molecule has 0 bridgehead atoms. The van der Waals surface area contributed by atoms with Crippen LogP contribution in [-0.4, -0.2) is 9.97 Å². The molecular weight excluding hydrogens is 274 g/mol. The normalized spacial score (nSPS) is 12.7. The molecule has 0 fully saturated rings. The van der Waals surface area contributed by atoms with Gasteiger partial charge < -0.3 is 4.98 Å². The molecule has 2 heterocycles. The summed E-state index contributed by atoms with van der Waals surface area (Å²) in [6.45, 7) is 0. The summed E-state index contributed by atoms with van der Waals surface area (Å²) in [6.07, 6.45) is -8.58. The molecule has 19 heavy (non-hydrogen) atoms. The van der Waals surface area contributed by atoms with E-state index in [0.717, 1.165) is 0 Å². The molecule has 102 valence electrons. The van der Waals surface area contributed by atoms with Gasteiger partial charge in [-0.05, 0) is 18.2 Å². The molecule has 8 heteroatoms. The minimum absolute atomic E-state index is 0.0456. The van der Waals surface area contributed by atoms with Gasteiger partial charge in [-0.1, -0.05) is 6.07 Å². The number of hydrogen-bond acceptors (Lipinski definition) is 1. The molecule has 0 aliphatic rings. The van der Waals surface area contributed by atoms with Crippen molar-refractivity contribution in [2.75, 3.05) is 0 Å². The largest absolute Gasteiger partial charge is 0.431 e.